The molecule has 0 aliphatic carbocycles. The van der Waals surface area contributed by atoms with E-state index >= 15 is 0 Å². The lowest BCUT2D eigenvalue weighted by Gasteiger charge is -2.22. The number of nitrogens with one attached hydrogen (secondary N) is 4. The fraction of sp³-hybridized carbons (Fsp3) is 0.370. The first-order chi connectivity index (χ1) is 18.3. The number of phenolic OH excluding ortho intramolecular Hbond substituents is 1. The van der Waals surface area contributed by atoms with Crippen LogP contribution >= 0.6 is 0 Å². The maximum absolute atomic E-state index is 13.1. The van der Waals surface area contributed by atoms with E-state index in [2.05, 4.69) is 21.3 Å². The summed E-state index contributed by atoms with van der Waals surface area (Å²) < 4.78 is 5.04. The Morgan fingerprint density at radius 1 is 0.795 bits per heavy atom. The van der Waals surface area contributed by atoms with Crippen molar-refractivity contribution in [2.24, 2.45) is 5.73 Å². The highest BCUT2D eigenvalue weighted by molar-refractivity contribution is 5.93. The zero-order chi connectivity index (χ0) is 29.0. The van der Waals surface area contributed by atoms with Crippen LogP contribution < -0.4 is 27.0 Å². The highest BCUT2D eigenvalue weighted by Crippen LogP contribution is 2.12. The average molecular weight is 542 g/mol. The molecule has 0 bridgehead atoms. The van der Waals surface area contributed by atoms with Gasteiger partial charge in [-0.05, 0) is 44.0 Å². The molecule has 12 heteroatoms. The Balaban J connectivity index is 2.00. The second kappa shape index (κ2) is 14.4. The lowest BCUT2D eigenvalue weighted by Crippen LogP contribution is -2.55. The first-order valence-corrected chi connectivity index (χ1v) is 12.3. The predicted molar refractivity (Wildman–Crippen MR) is 142 cm³/mol. The Morgan fingerprint density at radius 2 is 1.36 bits per heavy atom. The van der Waals surface area contributed by atoms with E-state index in [9.17, 15) is 29.1 Å². The molecule has 0 saturated carbocycles. The molecule has 0 unspecified atom stereocenters. The molecule has 0 aromatic heterocycles. The molecule has 12 nitrogen and oxygen atoms in total. The van der Waals surface area contributed by atoms with Crippen molar-refractivity contribution in [2.45, 2.75) is 51.3 Å². The van der Waals surface area contributed by atoms with Crippen molar-refractivity contribution in [1.29, 1.82) is 0 Å². The highest BCUT2D eigenvalue weighted by Gasteiger charge is 2.26. The second-order valence-corrected chi connectivity index (χ2v) is 9.78. The van der Waals surface area contributed by atoms with Gasteiger partial charge >= 0.3 is 6.09 Å². The smallest absolute Gasteiger partial charge is 0.408 e. The first-order valence-electron chi connectivity index (χ1n) is 12.3. The number of primary amides is 1. The van der Waals surface area contributed by atoms with Crippen LogP contribution in [0, 0.1) is 0 Å². The van der Waals surface area contributed by atoms with Crippen LogP contribution in [-0.2, 0) is 36.8 Å². The van der Waals surface area contributed by atoms with Gasteiger partial charge in [-0.25, -0.2) is 4.79 Å². The summed E-state index contributed by atoms with van der Waals surface area (Å²) >= 11 is 0. The van der Waals surface area contributed by atoms with Gasteiger partial charge < -0.3 is 36.8 Å². The average Bonchev–Trinajstić information content (AvgIpc) is 2.86. The number of hydrogen-bond acceptors (Lipinski definition) is 7. The van der Waals surface area contributed by atoms with Crippen molar-refractivity contribution in [1.82, 2.24) is 21.3 Å². The number of amides is 5. The third-order valence-electron chi connectivity index (χ3n) is 5.21. The van der Waals surface area contributed by atoms with Crippen LogP contribution in [0.4, 0.5) is 4.79 Å². The van der Waals surface area contributed by atoms with Gasteiger partial charge in [-0.1, -0.05) is 42.5 Å². The second-order valence-electron chi connectivity index (χ2n) is 9.78. The van der Waals surface area contributed by atoms with Crippen molar-refractivity contribution < 1.29 is 33.8 Å². The molecular formula is C27H35N5O7. The van der Waals surface area contributed by atoms with Crippen molar-refractivity contribution in [2.75, 3.05) is 13.1 Å². The van der Waals surface area contributed by atoms with Crippen LogP contribution in [0.3, 0.4) is 0 Å². The van der Waals surface area contributed by atoms with Crippen molar-refractivity contribution in [3.05, 3.63) is 65.7 Å². The summed E-state index contributed by atoms with van der Waals surface area (Å²) in [5, 5.41) is 19.3. The van der Waals surface area contributed by atoms with E-state index in [1.165, 1.54) is 12.1 Å². The van der Waals surface area contributed by atoms with Gasteiger partial charge in [0.05, 0.1) is 6.54 Å². The third kappa shape index (κ3) is 12.0. The molecule has 0 aliphatic rings. The topological polar surface area (TPSA) is 189 Å². The monoisotopic (exact) mass is 541 g/mol. The fourth-order valence-electron chi connectivity index (χ4n) is 3.38. The minimum Gasteiger partial charge on any atom is -0.508 e. The molecule has 0 heterocycles. The van der Waals surface area contributed by atoms with Gasteiger partial charge in [-0.15, -0.1) is 0 Å². The first kappa shape index (κ1) is 30.6. The van der Waals surface area contributed by atoms with Gasteiger partial charge in [0.25, 0.3) is 0 Å². The van der Waals surface area contributed by atoms with Gasteiger partial charge in [0.15, 0.2) is 0 Å². The Bertz CT molecular complexity index is 1150. The third-order valence-corrected chi connectivity index (χ3v) is 5.21. The normalized spacial score (nSPS) is 12.4. The Labute approximate surface area is 226 Å². The molecule has 2 rings (SSSR count). The number of carbonyl (C=O) groups excluding carboxylic acids is 5. The summed E-state index contributed by atoms with van der Waals surface area (Å²) in [5.74, 6) is -2.66. The van der Waals surface area contributed by atoms with Crippen LogP contribution in [0.5, 0.6) is 5.75 Å². The molecule has 5 amide bonds. The van der Waals surface area contributed by atoms with Gasteiger partial charge in [0.2, 0.25) is 23.6 Å². The molecule has 2 aromatic carbocycles. The number of nitrogens with two attached hydrogens (primary N) is 1. The summed E-state index contributed by atoms with van der Waals surface area (Å²) in [7, 11) is 0. The van der Waals surface area contributed by atoms with Gasteiger partial charge in [-0.3, -0.25) is 19.2 Å². The van der Waals surface area contributed by atoms with E-state index in [-0.39, 0.29) is 18.6 Å². The molecule has 39 heavy (non-hydrogen) atoms. The minimum atomic E-state index is -1.08. The maximum Gasteiger partial charge on any atom is 0.408 e. The number of aromatic hydroxyl groups is 1. The van der Waals surface area contributed by atoms with Crippen LogP contribution in [0.2, 0.25) is 0 Å². The molecule has 2 aromatic rings. The summed E-state index contributed by atoms with van der Waals surface area (Å²) in [5.41, 5.74) is 6.18. The zero-order valence-corrected chi connectivity index (χ0v) is 22.2. The highest BCUT2D eigenvalue weighted by atomic mass is 16.6. The Kier molecular flexibility index (Phi) is 11.3. The van der Waals surface area contributed by atoms with E-state index in [1.807, 2.05) is 0 Å². The van der Waals surface area contributed by atoms with Crippen molar-refractivity contribution in [3.8, 4) is 5.75 Å². The molecule has 2 atom stereocenters. The summed E-state index contributed by atoms with van der Waals surface area (Å²) in [6.45, 7) is 4.17. The van der Waals surface area contributed by atoms with Gasteiger partial charge in [-0.2, -0.15) is 0 Å². The largest absolute Gasteiger partial charge is 0.508 e. The number of phenols is 1. The SMILES string of the molecule is CC(C)(C)OC(=O)NCC(=O)NCC(=O)N[C@H](Cc1ccccc1)C(=O)N[C@@H](Cc1ccc(O)cc1)C(N)=O. The van der Waals surface area contributed by atoms with Crippen molar-refractivity contribution in [3.63, 3.8) is 0 Å². The van der Waals surface area contributed by atoms with Crippen molar-refractivity contribution >= 4 is 29.7 Å². The van der Waals surface area contributed by atoms with Crippen LogP contribution in [0.15, 0.2) is 54.6 Å². The molecule has 7 N–H and O–H groups in total. The Morgan fingerprint density at radius 3 is 1.95 bits per heavy atom. The molecule has 0 radical (unpaired) electrons. The van der Waals surface area contributed by atoms with Crippen LogP contribution in [-0.4, -0.2) is 65.6 Å². The summed E-state index contributed by atoms with van der Waals surface area (Å²) in [4.78, 5) is 61.5. The maximum atomic E-state index is 13.1. The quantitative estimate of drug-likeness (QED) is 0.222. The molecule has 0 aliphatic heterocycles. The fourth-order valence-corrected chi connectivity index (χ4v) is 3.38. The lowest BCUT2D eigenvalue weighted by atomic mass is 10.0. The minimum absolute atomic E-state index is 0.0526. The number of carbonyl (C=O) groups is 5. The standard InChI is InChI=1S/C27H35N5O7/c1-27(2,3)39-26(38)30-15-22(34)29-16-23(35)31-21(14-17-7-5-4-6-8-17)25(37)32-20(24(28)36)13-18-9-11-19(33)12-10-18/h4-12,20-21,33H,13-16H2,1-3H3,(H2,28,36)(H,29,34)(H,30,38)(H,31,35)(H,32,37)/t20-,21+/m0/s1. The molecular weight excluding hydrogens is 506 g/mol. The van der Waals surface area contributed by atoms with E-state index in [4.69, 9.17) is 10.5 Å². The number of ether oxygens (including phenoxy) is 1. The molecule has 0 fully saturated rings. The van der Waals surface area contributed by atoms with Gasteiger partial charge in [0, 0.05) is 12.8 Å². The van der Waals surface area contributed by atoms with E-state index in [1.54, 1.807) is 63.2 Å². The number of rotatable bonds is 12. The van der Waals surface area contributed by atoms with Crippen LogP contribution in [0.25, 0.3) is 0 Å². The summed E-state index contributed by atoms with van der Waals surface area (Å²) in [6.07, 6.45) is -0.594. The predicted octanol–water partition coefficient (Wildman–Crippen LogP) is 0.273. The molecule has 0 spiro atoms. The van der Waals surface area contributed by atoms with Crippen LogP contribution in [0.1, 0.15) is 31.9 Å². The molecule has 210 valence electrons. The number of alkyl carbamates (subject to hydrolysis) is 1. The lowest BCUT2D eigenvalue weighted by molar-refractivity contribution is -0.131. The van der Waals surface area contributed by atoms with E-state index in [0.29, 0.717) is 5.56 Å². The number of benzene rings is 2. The summed E-state index contributed by atoms with van der Waals surface area (Å²) in [6, 6.07) is 12.9. The Hall–Kier alpha value is -4.61. The molecule has 0 saturated heterocycles. The van der Waals surface area contributed by atoms with Gasteiger partial charge in [0.1, 0.15) is 30.0 Å². The number of hydrogen-bond donors (Lipinski definition) is 6. The zero-order valence-electron chi connectivity index (χ0n) is 22.2. The van der Waals surface area contributed by atoms with E-state index in [0.717, 1.165) is 5.56 Å². The van der Waals surface area contributed by atoms with E-state index < -0.39 is 60.5 Å².